The van der Waals surface area contributed by atoms with Crippen LogP contribution in [-0.2, 0) is 10.0 Å². The third-order valence-electron chi connectivity index (χ3n) is 4.09. The van der Waals surface area contributed by atoms with Crippen molar-refractivity contribution in [1.82, 2.24) is 4.31 Å². The van der Waals surface area contributed by atoms with E-state index >= 15 is 0 Å². The van der Waals surface area contributed by atoms with E-state index < -0.39 is 10.0 Å². The van der Waals surface area contributed by atoms with Crippen molar-refractivity contribution < 1.29 is 13.2 Å². The number of sulfonamides is 1. The summed E-state index contributed by atoms with van der Waals surface area (Å²) in [5.41, 5.74) is 2.05. The molecular weight excluding hydrogens is 348 g/mol. The van der Waals surface area contributed by atoms with Gasteiger partial charge in [-0.3, -0.25) is 4.79 Å². The highest BCUT2D eigenvalue weighted by Crippen LogP contribution is 2.20. The molecular formula is C20H26N2O3S. The maximum Gasteiger partial charge on any atom is 0.255 e. The van der Waals surface area contributed by atoms with Crippen molar-refractivity contribution >= 4 is 21.6 Å². The maximum atomic E-state index is 12.8. The Labute approximate surface area is 156 Å². The molecule has 0 aromatic heterocycles. The van der Waals surface area contributed by atoms with Gasteiger partial charge in [0.25, 0.3) is 5.91 Å². The third kappa shape index (κ3) is 4.71. The Morgan fingerprint density at radius 3 is 2.08 bits per heavy atom. The van der Waals surface area contributed by atoms with Crippen LogP contribution >= 0.6 is 0 Å². The lowest BCUT2D eigenvalue weighted by molar-refractivity contribution is 0.102. The summed E-state index contributed by atoms with van der Waals surface area (Å²) < 4.78 is 27.0. The van der Waals surface area contributed by atoms with Crippen LogP contribution in [-0.4, -0.2) is 31.7 Å². The number of rotatable bonds is 8. The first-order chi connectivity index (χ1) is 12.4. The largest absolute Gasteiger partial charge is 0.322 e. The predicted molar refractivity (Wildman–Crippen MR) is 105 cm³/mol. The average Bonchev–Trinajstić information content (AvgIpc) is 2.62. The summed E-state index contributed by atoms with van der Waals surface area (Å²) in [5, 5.41) is 2.81. The Hall–Kier alpha value is -2.18. The molecule has 2 aromatic carbocycles. The molecule has 26 heavy (non-hydrogen) atoms. The highest BCUT2D eigenvalue weighted by atomic mass is 32.2. The van der Waals surface area contributed by atoms with Crippen LogP contribution in [0.25, 0.3) is 0 Å². The zero-order valence-electron chi connectivity index (χ0n) is 15.5. The Morgan fingerprint density at radius 1 is 0.962 bits per heavy atom. The summed E-state index contributed by atoms with van der Waals surface area (Å²) in [6.07, 6.45) is 1.54. The first kappa shape index (κ1) is 20.1. The van der Waals surface area contributed by atoms with E-state index in [0.29, 0.717) is 24.3 Å². The Balaban J connectivity index is 2.17. The van der Waals surface area contributed by atoms with E-state index in [4.69, 9.17) is 0 Å². The topological polar surface area (TPSA) is 66.5 Å². The van der Waals surface area contributed by atoms with Crippen LogP contribution in [0, 0.1) is 6.92 Å². The minimum Gasteiger partial charge on any atom is -0.322 e. The number of nitrogens with zero attached hydrogens (tertiary/aromatic N) is 1. The van der Waals surface area contributed by atoms with Gasteiger partial charge in [0.15, 0.2) is 0 Å². The van der Waals surface area contributed by atoms with Crippen LogP contribution in [0.2, 0.25) is 0 Å². The minimum atomic E-state index is -3.51. The summed E-state index contributed by atoms with van der Waals surface area (Å²) in [7, 11) is -3.51. The molecule has 0 fully saturated rings. The molecule has 1 amide bonds. The molecule has 2 rings (SSSR count). The van der Waals surface area contributed by atoms with E-state index in [1.54, 1.807) is 30.3 Å². The van der Waals surface area contributed by atoms with E-state index in [1.807, 2.05) is 39.0 Å². The number of amides is 1. The smallest absolute Gasteiger partial charge is 0.255 e. The number of nitrogens with one attached hydrogen (secondary N) is 1. The van der Waals surface area contributed by atoms with Gasteiger partial charge in [0, 0.05) is 24.3 Å². The number of anilines is 1. The molecule has 5 nitrogen and oxygen atoms in total. The molecule has 140 valence electrons. The lowest BCUT2D eigenvalue weighted by Crippen LogP contribution is -2.32. The fourth-order valence-electron chi connectivity index (χ4n) is 2.74. The molecule has 0 aliphatic carbocycles. The van der Waals surface area contributed by atoms with Crippen molar-refractivity contribution in [3.63, 3.8) is 0 Å². The average molecular weight is 375 g/mol. The second-order valence-corrected chi connectivity index (χ2v) is 8.14. The van der Waals surface area contributed by atoms with Crippen LogP contribution in [0.3, 0.4) is 0 Å². The first-order valence-electron chi connectivity index (χ1n) is 8.87. The fourth-order valence-corrected chi connectivity index (χ4v) is 4.36. The zero-order chi connectivity index (χ0) is 19.2. The van der Waals surface area contributed by atoms with Gasteiger partial charge in [0.2, 0.25) is 10.0 Å². The van der Waals surface area contributed by atoms with Gasteiger partial charge in [0.1, 0.15) is 0 Å². The number of benzene rings is 2. The van der Waals surface area contributed by atoms with Gasteiger partial charge in [-0.05, 0) is 55.7 Å². The maximum absolute atomic E-state index is 12.8. The summed E-state index contributed by atoms with van der Waals surface area (Å²) in [6, 6.07) is 13.7. The lowest BCUT2D eigenvalue weighted by atomic mass is 10.1. The van der Waals surface area contributed by atoms with Gasteiger partial charge in [-0.1, -0.05) is 32.0 Å². The first-order valence-corrected chi connectivity index (χ1v) is 10.3. The monoisotopic (exact) mass is 374 g/mol. The third-order valence-corrected chi connectivity index (χ3v) is 6.00. The second-order valence-electron chi connectivity index (χ2n) is 6.20. The molecule has 2 aromatic rings. The quantitative estimate of drug-likeness (QED) is 0.758. The Morgan fingerprint density at radius 2 is 1.54 bits per heavy atom. The van der Waals surface area contributed by atoms with Crippen LogP contribution in [0.1, 0.15) is 42.6 Å². The second kappa shape index (κ2) is 8.96. The van der Waals surface area contributed by atoms with Crippen LogP contribution in [0.5, 0.6) is 0 Å². The molecule has 0 saturated heterocycles. The Kier molecular flexibility index (Phi) is 6.94. The van der Waals surface area contributed by atoms with Gasteiger partial charge >= 0.3 is 0 Å². The van der Waals surface area contributed by atoms with Gasteiger partial charge in [-0.15, -0.1) is 0 Å². The van der Waals surface area contributed by atoms with E-state index in [2.05, 4.69) is 5.32 Å². The van der Waals surface area contributed by atoms with E-state index in [-0.39, 0.29) is 10.8 Å². The molecule has 0 saturated carbocycles. The number of hydrogen-bond donors (Lipinski definition) is 1. The molecule has 0 radical (unpaired) electrons. The van der Waals surface area contributed by atoms with E-state index in [0.717, 1.165) is 18.4 Å². The number of carbonyl (C=O) groups excluding carboxylic acids is 1. The van der Waals surface area contributed by atoms with Crippen molar-refractivity contribution in [2.75, 3.05) is 18.4 Å². The molecule has 0 spiro atoms. The lowest BCUT2D eigenvalue weighted by Gasteiger charge is -2.21. The summed E-state index contributed by atoms with van der Waals surface area (Å²) >= 11 is 0. The predicted octanol–water partition coefficient (Wildman–Crippen LogP) is 4.06. The highest BCUT2D eigenvalue weighted by Gasteiger charge is 2.22. The van der Waals surface area contributed by atoms with Gasteiger partial charge < -0.3 is 5.32 Å². The molecule has 0 unspecified atom stereocenters. The summed E-state index contributed by atoms with van der Waals surface area (Å²) in [5.74, 6) is -0.211. The van der Waals surface area contributed by atoms with Gasteiger partial charge in [-0.25, -0.2) is 8.42 Å². The van der Waals surface area contributed by atoms with Crippen LogP contribution in [0.15, 0.2) is 53.4 Å². The normalized spacial score (nSPS) is 11.5. The molecule has 6 heteroatoms. The van der Waals surface area contributed by atoms with Crippen molar-refractivity contribution in [3.8, 4) is 0 Å². The van der Waals surface area contributed by atoms with Gasteiger partial charge in [0.05, 0.1) is 4.90 Å². The molecule has 0 heterocycles. The Bertz CT molecular complexity index is 840. The molecule has 0 bridgehead atoms. The molecule has 0 atom stereocenters. The number of aryl methyl sites for hydroxylation is 1. The van der Waals surface area contributed by atoms with Crippen molar-refractivity contribution in [2.24, 2.45) is 0 Å². The minimum absolute atomic E-state index is 0.211. The standard InChI is InChI=1S/C20H26N2O3S/c1-4-14-22(15-5-2)26(24,25)18-12-10-17(11-13-18)21-20(23)19-9-7-6-8-16(19)3/h6-13H,4-5,14-15H2,1-3H3,(H,21,23). The van der Waals surface area contributed by atoms with Crippen molar-refractivity contribution in [1.29, 1.82) is 0 Å². The zero-order valence-corrected chi connectivity index (χ0v) is 16.3. The molecule has 0 aliphatic heterocycles. The van der Waals surface area contributed by atoms with Gasteiger partial charge in [-0.2, -0.15) is 4.31 Å². The summed E-state index contributed by atoms with van der Waals surface area (Å²) in [6.45, 7) is 6.80. The van der Waals surface area contributed by atoms with Crippen molar-refractivity contribution in [3.05, 3.63) is 59.7 Å². The van der Waals surface area contributed by atoms with Crippen LogP contribution < -0.4 is 5.32 Å². The van der Waals surface area contributed by atoms with Crippen molar-refractivity contribution in [2.45, 2.75) is 38.5 Å². The molecule has 0 aliphatic rings. The highest BCUT2D eigenvalue weighted by molar-refractivity contribution is 7.89. The fraction of sp³-hybridized carbons (Fsp3) is 0.350. The summed E-state index contributed by atoms with van der Waals surface area (Å²) in [4.78, 5) is 12.6. The SMILES string of the molecule is CCCN(CCC)S(=O)(=O)c1ccc(NC(=O)c2ccccc2C)cc1. The van der Waals surface area contributed by atoms with Crippen LogP contribution in [0.4, 0.5) is 5.69 Å². The van der Waals surface area contributed by atoms with E-state index in [1.165, 1.54) is 4.31 Å². The number of carbonyl (C=O) groups is 1. The molecule has 1 N–H and O–H groups in total. The number of hydrogen-bond acceptors (Lipinski definition) is 3. The van der Waals surface area contributed by atoms with E-state index in [9.17, 15) is 13.2 Å².